The third kappa shape index (κ3) is 2.20. The Labute approximate surface area is 84.8 Å². The van der Waals surface area contributed by atoms with E-state index in [0.717, 1.165) is 6.42 Å². The van der Waals surface area contributed by atoms with Crippen LogP contribution in [0.2, 0.25) is 5.72 Å². The fourth-order valence-corrected chi connectivity index (χ4v) is 1.79. The smallest absolute Gasteiger partial charge is 0.409 e. The van der Waals surface area contributed by atoms with E-state index >= 15 is 0 Å². The van der Waals surface area contributed by atoms with E-state index < -0.39 is 0 Å². The predicted octanol–water partition coefficient (Wildman–Crippen LogP) is 0.542. The maximum absolute atomic E-state index is 5.45. The fourth-order valence-electron chi connectivity index (χ4n) is 1.79. The molecular weight excluding hydrogens is 182 g/mol. The fraction of sp³-hybridized carbons (Fsp3) is 0.750. The summed E-state index contributed by atoms with van der Waals surface area (Å²) < 4.78 is 21.8. The van der Waals surface area contributed by atoms with Crippen LogP contribution in [0.4, 0.5) is 0 Å². The Balaban J connectivity index is 1.94. The van der Waals surface area contributed by atoms with E-state index in [1.807, 2.05) is 6.08 Å². The maximum Gasteiger partial charge on any atom is 0.458 e. The second kappa shape index (κ2) is 4.98. The summed E-state index contributed by atoms with van der Waals surface area (Å²) in [4.78, 5) is 0. The molecule has 0 radical (unpaired) electrons. The van der Waals surface area contributed by atoms with Crippen LogP contribution >= 0.6 is 0 Å². The molecule has 0 atom stereocenters. The molecule has 0 N–H and O–H groups in total. The van der Waals surface area contributed by atoms with Crippen molar-refractivity contribution >= 4 is 14.2 Å². The molecule has 4 nitrogen and oxygen atoms in total. The molecule has 2 rings (SSSR count). The standard InChI is InChI=1S/C8H14B2O4/c1-2-3-8(9-11-4-5-12-9)10-13-6-7-14-10/h2,8H,1,3-7H2. The average Bonchev–Trinajstić information content (AvgIpc) is 2.87. The summed E-state index contributed by atoms with van der Waals surface area (Å²) in [5, 5.41) is 0. The quantitative estimate of drug-likeness (QED) is 0.485. The van der Waals surface area contributed by atoms with Gasteiger partial charge in [-0.05, 0) is 6.42 Å². The minimum atomic E-state index is -0.198. The van der Waals surface area contributed by atoms with E-state index in [0.29, 0.717) is 26.4 Å². The first-order chi connectivity index (χ1) is 6.92. The van der Waals surface area contributed by atoms with Crippen molar-refractivity contribution in [3.05, 3.63) is 12.7 Å². The van der Waals surface area contributed by atoms with Gasteiger partial charge in [-0.3, -0.25) is 0 Å². The monoisotopic (exact) mass is 196 g/mol. The van der Waals surface area contributed by atoms with Gasteiger partial charge in [-0.25, -0.2) is 0 Å². The Morgan fingerprint density at radius 2 is 1.43 bits per heavy atom. The zero-order valence-corrected chi connectivity index (χ0v) is 8.19. The molecule has 2 heterocycles. The predicted molar refractivity (Wildman–Crippen MR) is 53.9 cm³/mol. The van der Waals surface area contributed by atoms with Gasteiger partial charge in [-0.15, -0.1) is 6.58 Å². The molecule has 0 unspecified atom stereocenters. The van der Waals surface area contributed by atoms with Gasteiger partial charge in [0.15, 0.2) is 0 Å². The van der Waals surface area contributed by atoms with Gasteiger partial charge in [0.25, 0.3) is 0 Å². The average molecular weight is 196 g/mol. The van der Waals surface area contributed by atoms with E-state index in [4.69, 9.17) is 18.6 Å². The minimum absolute atomic E-state index is 0.109. The lowest BCUT2D eigenvalue weighted by molar-refractivity contribution is 0.332. The molecule has 2 fully saturated rings. The molecule has 0 saturated carbocycles. The summed E-state index contributed by atoms with van der Waals surface area (Å²) in [6, 6.07) is 0. The maximum atomic E-state index is 5.45. The number of hydrogen-bond donors (Lipinski definition) is 0. The molecule has 0 aromatic heterocycles. The first kappa shape index (κ1) is 10.2. The highest BCUT2D eigenvalue weighted by atomic mass is 16.7. The van der Waals surface area contributed by atoms with Gasteiger partial charge >= 0.3 is 14.2 Å². The molecule has 2 aliphatic heterocycles. The third-order valence-electron chi connectivity index (χ3n) is 2.43. The Kier molecular flexibility index (Phi) is 3.64. The van der Waals surface area contributed by atoms with Crippen LogP contribution in [0.1, 0.15) is 6.42 Å². The van der Waals surface area contributed by atoms with Gasteiger partial charge in [-0.1, -0.05) is 6.08 Å². The Morgan fingerprint density at radius 1 is 1.00 bits per heavy atom. The van der Waals surface area contributed by atoms with Crippen molar-refractivity contribution in [1.82, 2.24) is 0 Å². The van der Waals surface area contributed by atoms with Crippen molar-refractivity contribution in [1.29, 1.82) is 0 Å². The normalized spacial score (nSPS) is 22.4. The van der Waals surface area contributed by atoms with Crippen molar-refractivity contribution in [2.24, 2.45) is 0 Å². The van der Waals surface area contributed by atoms with Crippen LogP contribution in [0.3, 0.4) is 0 Å². The summed E-state index contributed by atoms with van der Waals surface area (Å²) in [7, 11) is -0.396. The van der Waals surface area contributed by atoms with Crippen LogP contribution in [0.5, 0.6) is 0 Å². The molecule has 0 aliphatic carbocycles. The molecule has 0 amide bonds. The Morgan fingerprint density at radius 3 is 1.79 bits per heavy atom. The van der Waals surface area contributed by atoms with Gasteiger partial charge in [0.2, 0.25) is 0 Å². The van der Waals surface area contributed by atoms with Gasteiger partial charge < -0.3 is 18.6 Å². The highest BCUT2D eigenvalue weighted by molar-refractivity contribution is 6.68. The van der Waals surface area contributed by atoms with Crippen LogP contribution in [0.25, 0.3) is 0 Å². The Hall–Kier alpha value is -0.290. The van der Waals surface area contributed by atoms with E-state index in [-0.39, 0.29) is 20.0 Å². The van der Waals surface area contributed by atoms with E-state index in [1.54, 1.807) is 0 Å². The molecule has 6 heteroatoms. The summed E-state index contributed by atoms with van der Waals surface area (Å²) >= 11 is 0. The Bertz CT molecular complexity index is 174. The highest BCUT2D eigenvalue weighted by Crippen LogP contribution is 2.27. The molecule has 0 aromatic rings. The van der Waals surface area contributed by atoms with Crippen molar-refractivity contribution < 1.29 is 18.6 Å². The summed E-state index contributed by atoms with van der Waals surface area (Å²) in [5.41, 5.74) is 0.109. The second-order valence-corrected chi connectivity index (χ2v) is 3.41. The first-order valence-electron chi connectivity index (χ1n) is 4.99. The molecule has 0 bridgehead atoms. The van der Waals surface area contributed by atoms with Crippen molar-refractivity contribution in [3.63, 3.8) is 0 Å². The molecule has 2 aliphatic rings. The van der Waals surface area contributed by atoms with Gasteiger partial charge in [0.05, 0.1) is 26.4 Å². The van der Waals surface area contributed by atoms with Crippen molar-refractivity contribution in [2.75, 3.05) is 26.4 Å². The molecule has 14 heavy (non-hydrogen) atoms. The van der Waals surface area contributed by atoms with E-state index in [9.17, 15) is 0 Å². The first-order valence-corrected chi connectivity index (χ1v) is 4.99. The van der Waals surface area contributed by atoms with Crippen LogP contribution in [0.15, 0.2) is 12.7 Å². The number of rotatable bonds is 4. The highest BCUT2D eigenvalue weighted by Gasteiger charge is 2.45. The van der Waals surface area contributed by atoms with Gasteiger partial charge in [0.1, 0.15) is 0 Å². The molecule has 0 spiro atoms. The third-order valence-corrected chi connectivity index (χ3v) is 2.43. The van der Waals surface area contributed by atoms with Crippen LogP contribution in [0, 0.1) is 0 Å². The minimum Gasteiger partial charge on any atom is -0.409 e. The molecule has 0 aromatic carbocycles. The summed E-state index contributed by atoms with van der Waals surface area (Å²) in [5.74, 6) is 0. The molecule has 76 valence electrons. The van der Waals surface area contributed by atoms with Crippen molar-refractivity contribution in [2.45, 2.75) is 12.1 Å². The zero-order valence-electron chi connectivity index (χ0n) is 8.19. The second-order valence-electron chi connectivity index (χ2n) is 3.41. The van der Waals surface area contributed by atoms with Crippen LogP contribution in [-0.4, -0.2) is 40.7 Å². The molecular formula is C8H14B2O4. The number of allylic oxidation sites excluding steroid dienone is 1. The lowest BCUT2D eigenvalue weighted by atomic mass is 9.50. The summed E-state index contributed by atoms with van der Waals surface area (Å²) in [6.07, 6.45) is 2.64. The van der Waals surface area contributed by atoms with Crippen LogP contribution < -0.4 is 0 Å². The van der Waals surface area contributed by atoms with E-state index in [2.05, 4.69) is 6.58 Å². The SMILES string of the molecule is C=CCC(B1OCCO1)B1OCCO1. The largest absolute Gasteiger partial charge is 0.458 e. The zero-order chi connectivity index (χ0) is 9.80. The number of hydrogen-bond acceptors (Lipinski definition) is 4. The lowest BCUT2D eigenvalue weighted by Crippen LogP contribution is -2.35. The van der Waals surface area contributed by atoms with Crippen molar-refractivity contribution in [3.8, 4) is 0 Å². The summed E-state index contributed by atoms with van der Waals surface area (Å²) in [6.45, 7) is 6.35. The molecule has 2 saturated heterocycles. The van der Waals surface area contributed by atoms with E-state index in [1.165, 1.54) is 0 Å². The topological polar surface area (TPSA) is 36.9 Å². The van der Waals surface area contributed by atoms with Crippen LogP contribution in [-0.2, 0) is 18.6 Å². The van der Waals surface area contributed by atoms with Gasteiger partial charge in [-0.2, -0.15) is 0 Å². The van der Waals surface area contributed by atoms with Gasteiger partial charge in [0, 0.05) is 5.72 Å². The lowest BCUT2D eigenvalue weighted by Gasteiger charge is -2.18.